The fraction of sp³-hybridized carbons (Fsp3) is 0.588. The van der Waals surface area contributed by atoms with Gasteiger partial charge in [0.1, 0.15) is 6.61 Å². The first kappa shape index (κ1) is 16.1. The van der Waals surface area contributed by atoms with Crippen LogP contribution in [0.2, 0.25) is 0 Å². The van der Waals surface area contributed by atoms with Crippen molar-refractivity contribution in [3.63, 3.8) is 0 Å². The van der Waals surface area contributed by atoms with Gasteiger partial charge in [0.25, 0.3) is 5.91 Å². The van der Waals surface area contributed by atoms with Crippen molar-refractivity contribution < 1.29 is 14.3 Å². The van der Waals surface area contributed by atoms with E-state index in [0.29, 0.717) is 37.9 Å². The van der Waals surface area contributed by atoms with E-state index < -0.39 is 0 Å². The molecule has 2 aliphatic rings. The molecular formula is C17H23N5O3. The SMILES string of the molecule is Cc1nn(C)c(C)c1[C@H]1OCC[C@@H]1CNC(=O)c1cc2n(n1)CCO2. The van der Waals surface area contributed by atoms with Crippen LogP contribution < -0.4 is 10.1 Å². The maximum Gasteiger partial charge on any atom is 0.271 e. The molecule has 2 atom stereocenters. The number of nitrogens with zero attached hydrogens (tertiary/aromatic N) is 4. The highest BCUT2D eigenvalue weighted by Gasteiger charge is 2.34. The molecule has 2 aromatic rings. The summed E-state index contributed by atoms with van der Waals surface area (Å²) in [5, 5.41) is 11.8. The van der Waals surface area contributed by atoms with E-state index in [4.69, 9.17) is 9.47 Å². The largest absolute Gasteiger partial charge is 0.476 e. The average molecular weight is 345 g/mol. The summed E-state index contributed by atoms with van der Waals surface area (Å²) in [5.74, 6) is 0.723. The summed E-state index contributed by atoms with van der Waals surface area (Å²) in [4.78, 5) is 12.4. The summed E-state index contributed by atoms with van der Waals surface area (Å²) in [6.45, 7) is 6.63. The number of rotatable bonds is 4. The van der Waals surface area contributed by atoms with Gasteiger partial charge in [-0.2, -0.15) is 10.2 Å². The number of aryl methyl sites for hydroxylation is 2. The highest BCUT2D eigenvalue weighted by Crippen LogP contribution is 2.37. The van der Waals surface area contributed by atoms with Crippen molar-refractivity contribution in [3.8, 4) is 5.88 Å². The van der Waals surface area contributed by atoms with Gasteiger partial charge in [-0.15, -0.1) is 0 Å². The fourth-order valence-electron chi connectivity index (χ4n) is 3.70. The molecule has 1 N–H and O–H groups in total. The molecule has 1 amide bonds. The van der Waals surface area contributed by atoms with E-state index in [9.17, 15) is 4.79 Å². The molecule has 8 nitrogen and oxygen atoms in total. The molecule has 134 valence electrons. The first-order valence-corrected chi connectivity index (χ1v) is 8.65. The highest BCUT2D eigenvalue weighted by atomic mass is 16.5. The number of carbonyl (C=O) groups is 1. The van der Waals surface area contributed by atoms with Crippen molar-refractivity contribution >= 4 is 5.91 Å². The maximum absolute atomic E-state index is 12.4. The van der Waals surface area contributed by atoms with E-state index in [1.165, 1.54) is 0 Å². The van der Waals surface area contributed by atoms with Crippen LogP contribution in [-0.2, 0) is 18.3 Å². The summed E-state index contributed by atoms with van der Waals surface area (Å²) in [6.07, 6.45) is 0.894. The number of aromatic nitrogens is 4. The van der Waals surface area contributed by atoms with Gasteiger partial charge in [-0.3, -0.25) is 9.48 Å². The molecule has 8 heteroatoms. The molecule has 0 aliphatic carbocycles. The Balaban J connectivity index is 1.43. The quantitative estimate of drug-likeness (QED) is 0.898. The number of amides is 1. The summed E-state index contributed by atoms with van der Waals surface area (Å²) < 4.78 is 15.0. The van der Waals surface area contributed by atoms with Gasteiger partial charge in [-0.1, -0.05) is 0 Å². The van der Waals surface area contributed by atoms with Crippen molar-refractivity contribution in [1.82, 2.24) is 24.9 Å². The molecular weight excluding hydrogens is 322 g/mol. The predicted octanol–water partition coefficient (Wildman–Crippen LogP) is 1.13. The highest BCUT2D eigenvalue weighted by molar-refractivity contribution is 5.92. The summed E-state index contributed by atoms with van der Waals surface area (Å²) >= 11 is 0. The molecule has 25 heavy (non-hydrogen) atoms. The molecule has 0 spiro atoms. The molecule has 4 heterocycles. The van der Waals surface area contributed by atoms with Crippen LogP contribution in [-0.4, -0.2) is 45.2 Å². The topological polar surface area (TPSA) is 83.2 Å². The van der Waals surface area contributed by atoms with Gasteiger partial charge < -0.3 is 14.8 Å². The normalized spacial score (nSPS) is 22.0. The molecule has 0 unspecified atom stereocenters. The summed E-state index contributed by atoms with van der Waals surface area (Å²) in [5.41, 5.74) is 3.65. The third-order valence-electron chi connectivity index (χ3n) is 5.12. The number of carbonyl (C=O) groups excluding carboxylic acids is 1. The zero-order valence-corrected chi connectivity index (χ0v) is 14.8. The second kappa shape index (κ2) is 6.18. The van der Waals surface area contributed by atoms with Crippen LogP contribution in [0.25, 0.3) is 0 Å². The maximum atomic E-state index is 12.4. The predicted molar refractivity (Wildman–Crippen MR) is 89.5 cm³/mol. The van der Waals surface area contributed by atoms with Gasteiger partial charge in [-0.25, -0.2) is 4.68 Å². The lowest BCUT2D eigenvalue weighted by Crippen LogP contribution is -2.31. The van der Waals surface area contributed by atoms with Crippen molar-refractivity contribution in [2.75, 3.05) is 19.8 Å². The monoisotopic (exact) mass is 345 g/mol. The van der Waals surface area contributed by atoms with Crippen LogP contribution in [0.5, 0.6) is 5.88 Å². The Morgan fingerprint density at radius 1 is 1.36 bits per heavy atom. The molecule has 0 saturated carbocycles. The Labute approximate surface area is 146 Å². The van der Waals surface area contributed by atoms with Crippen LogP contribution in [0.1, 0.15) is 40.0 Å². The lowest BCUT2D eigenvalue weighted by molar-refractivity contribution is 0.0837. The Hall–Kier alpha value is -2.35. The second-order valence-corrected chi connectivity index (χ2v) is 6.70. The van der Waals surface area contributed by atoms with E-state index in [1.807, 2.05) is 18.7 Å². The number of hydrogen-bond acceptors (Lipinski definition) is 5. The Morgan fingerprint density at radius 2 is 2.20 bits per heavy atom. The number of nitrogens with one attached hydrogen (secondary N) is 1. The van der Waals surface area contributed by atoms with Crippen LogP contribution in [0.4, 0.5) is 0 Å². The number of ether oxygens (including phenoxy) is 2. The van der Waals surface area contributed by atoms with E-state index in [2.05, 4.69) is 22.4 Å². The molecule has 0 radical (unpaired) electrons. The van der Waals surface area contributed by atoms with E-state index in [0.717, 1.165) is 23.4 Å². The molecule has 1 fully saturated rings. The summed E-state index contributed by atoms with van der Waals surface area (Å²) in [6, 6.07) is 1.69. The third kappa shape index (κ3) is 2.80. The van der Waals surface area contributed by atoms with Crippen LogP contribution in [0.3, 0.4) is 0 Å². The number of fused-ring (bicyclic) bond motifs is 1. The third-order valence-corrected chi connectivity index (χ3v) is 5.12. The van der Waals surface area contributed by atoms with Crippen molar-refractivity contribution in [1.29, 1.82) is 0 Å². The first-order chi connectivity index (χ1) is 12.0. The minimum atomic E-state index is -0.171. The van der Waals surface area contributed by atoms with Gasteiger partial charge in [0, 0.05) is 43.4 Å². The fourth-order valence-corrected chi connectivity index (χ4v) is 3.70. The summed E-state index contributed by atoms with van der Waals surface area (Å²) in [7, 11) is 1.94. The van der Waals surface area contributed by atoms with Gasteiger partial charge >= 0.3 is 0 Å². The van der Waals surface area contributed by atoms with Crippen molar-refractivity contribution in [3.05, 3.63) is 28.7 Å². The van der Waals surface area contributed by atoms with Crippen LogP contribution >= 0.6 is 0 Å². The Kier molecular flexibility index (Phi) is 3.99. The Morgan fingerprint density at radius 3 is 2.92 bits per heavy atom. The van der Waals surface area contributed by atoms with Crippen molar-refractivity contribution in [2.45, 2.75) is 32.9 Å². The van der Waals surface area contributed by atoms with Crippen LogP contribution in [0, 0.1) is 19.8 Å². The lowest BCUT2D eigenvalue weighted by Gasteiger charge is -2.19. The second-order valence-electron chi connectivity index (χ2n) is 6.70. The van der Waals surface area contributed by atoms with E-state index in [1.54, 1.807) is 10.7 Å². The number of hydrogen-bond donors (Lipinski definition) is 1. The molecule has 2 aliphatic heterocycles. The zero-order chi connectivity index (χ0) is 17.6. The minimum absolute atomic E-state index is 0.0238. The standard InChI is InChI=1S/C17H23N5O3/c1-10-15(11(2)21(3)19-10)16-12(4-6-25-16)9-18-17(23)13-8-14-22(20-13)5-7-24-14/h8,12,16H,4-7,9H2,1-3H3,(H,18,23)/t12-,16+/m1/s1. The van der Waals surface area contributed by atoms with Crippen LogP contribution in [0.15, 0.2) is 6.07 Å². The van der Waals surface area contributed by atoms with Crippen molar-refractivity contribution in [2.24, 2.45) is 13.0 Å². The van der Waals surface area contributed by atoms with Gasteiger partial charge in [0.2, 0.25) is 5.88 Å². The Bertz CT molecular complexity index is 788. The van der Waals surface area contributed by atoms with Gasteiger partial charge in [0.15, 0.2) is 5.69 Å². The molecule has 2 aromatic heterocycles. The smallest absolute Gasteiger partial charge is 0.271 e. The molecule has 4 rings (SSSR count). The molecule has 0 aromatic carbocycles. The van der Waals surface area contributed by atoms with E-state index in [-0.39, 0.29) is 17.9 Å². The van der Waals surface area contributed by atoms with Gasteiger partial charge in [-0.05, 0) is 20.3 Å². The van der Waals surface area contributed by atoms with Gasteiger partial charge in [0.05, 0.1) is 18.3 Å². The zero-order valence-electron chi connectivity index (χ0n) is 14.8. The first-order valence-electron chi connectivity index (χ1n) is 8.65. The average Bonchev–Trinajstić information content (AvgIpc) is 3.31. The molecule has 1 saturated heterocycles. The lowest BCUT2D eigenvalue weighted by atomic mass is 9.94. The molecule has 0 bridgehead atoms. The van der Waals surface area contributed by atoms with E-state index >= 15 is 0 Å². The minimum Gasteiger partial charge on any atom is -0.476 e.